The van der Waals surface area contributed by atoms with E-state index in [1.165, 1.54) is 18.3 Å². The molecule has 0 radical (unpaired) electrons. The van der Waals surface area contributed by atoms with Crippen molar-refractivity contribution in [1.82, 2.24) is 4.98 Å². The Morgan fingerprint density at radius 1 is 1.42 bits per heavy atom. The van der Waals surface area contributed by atoms with Crippen LogP contribution in [0.1, 0.15) is 16.7 Å². The molecule has 2 rings (SSSR count). The molecule has 5 heteroatoms. The third-order valence-electron chi connectivity index (χ3n) is 2.54. The number of aliphatic hydroxyl groups excluding tert-OH is 1. The summed E-state index contributed by atoms with van der Waals surface area (Å²) in [5.41, 5.74) is 1.37. The molecule has 0 aliphatic carbocycles. The van der Waals surface area contributed by atoms with Crippen LogP contribution >= 0.6 is 0 Å². The van der Waals surface area contributed by atoms with Gasteiger partial charge in [0.05, 0.1) is 12.2 Å². The number of aromatic nitrogens is 1. The van der Waals surface area contributed by atoms with Crippen LogP contribution in [0.4, 0.5) is 4.39 Å². The lowest BCUT2D eigenvalue weighted by Gasteiger charge is -2.08. The number of aliphatic hydroxyl groups is 1. The molecular weight excluding hydrogens is 247 g/mol. The molecule has 2 aromatic rings. The molecular formula is C14H11FN2O2. The van der Waals surface area contributed by atoms with Gasteiger partial charge in [-0.25, -0.2) is 9.37 Å². The van der Waals surface area contributed by atoms with E-state index in [1.807, 2.05) is 0 Å². The first-order valence-electron chi connectivity index (χ1n) is 5.58. The summed E-state index contributed by atoms with van der Waals surface area (Å²) in [6.07, 6.45) is 1.49. The summed E-state index contributed by atoms with van der Waals surface area (Å²) in [7, 11) is 0. The summed E-state index contributed by atoms with van der Waals surface area (Å²) >= 11 is 0. The maximum atomic E-state index is 13.4. The van der Waals surface area contributed by atoms with Crippen LogP contribution in [0.3, 0.4) is 0 Å². The average molecular weight is 258 g/mol. The quantitative estimate of drug-likeness (QED) is 0.919. The summed E-state index contributed by atoms with van der Waals surface area (Å²) in [6.45, 7) is 1.68. The topological polar surface area (TPSA) is 66.1 Å². The summed E-state index contributed by atoms with van der Waals surface area (Å²) < 4.78 is 18.9. The van der Waals surface area contributed by atoms with Crippen molar-refractivity contribution in [3.8, 4) is 17.7 Å². The lowest BCUT2D eigenvalue weighted by atomic mass is 10.2. The fourth-order valence-corrected chi connectivity index (χ4v) is 1.58. The molecule has 0 bridgehead atoms. The van der Waals surface area contributed by atoms with Gasteiger partial charge in [-0.1, -0.05) is 0 Å². The molecule has 0 atom stereocenters. The smallest absolute Gasteiger partial charge is 0.222 e. The molecule has 1 N–H and O–H groups in total. The third-order valence-corrected chi connectivity index (χ3v) is 2.54. The fraction of sp³-hybridized carbons (Fsp3) is 0.143. The first kappa shape index (κ1) is 13.0. The molecule has 0 fully saturated rings. The van der Waals surface area contributed by atoms with Crippen LogP contribution in [0, 0.1) is 24.1 Å². The molecule has 1 aromatic carbocycles. The predicted molar refractivity (Wildman–Crippen MR) is 66.1 cm³/mol. The second kappa shape index (κ2) is 5.46. The largest absolute Gasteiger partial charge is 0.439 e. The molecule has 0 aliphatic rings. The van der Waals surface area contributed by atoms with Gasteiger partial charge in [0.1, 0.15) is 17.6 Å². The van der Waals surface area contributed by atoms with Crippen LogP contribution < -0.4 is 4.74 Å². The van der Waals surface area contributed by atoms with E-state index in [0.717, 1.165) is 11.6 Å². The van der Waals surface area contributed by atoms with Gasteiger partial charge in [0.2, 0.25) is 5.88 Å². The normalized spacial score (nSPS) is 10.0. The van der Waals surface area contributed by atoms with Gasteiger partial charge in [-0.3, -0.25) is 0 Å². The molecule has 0 saturated heterocycles. The van der Waals surface area contributed by atoms with Crippen LogP contribution in [-0.4, -0.2) is 10.1 Å². The Bertz CT molecular complexity index is 650. The number of nitrogens with zero attached hydrogens (tertiary/aromatic N) is 2. The second-order valence-electron chi connectivity index (χ2n) is 3.98. The number of ether oxygens (including phenoxy) is 1. The maximum Gasteiger partial charge on any atom is 0.222 e. The van der Waals surface area contributed by atoms with Crippen molar-refractivity contribution in [2.45, 2.75) is 13.5 Å². The number of halogens is 1. The van der Waals surface area contributed by atoms with E-state index in [2.05, 4.69) is 4.98 Å². The van der Waals surface area contributed by atoms with Crippen LogP contribution in [0.5, 0.6) is 11.6 Å². The number of pyridine rings is 1. The van der Waals surface area contributed by atoms with Crippen LogP contribution in [0.25, 0.3) is 0 Å². The molecule has 0 unspecified atom stereocenters. The second-order valence-corrected chi connectivity index (χ2v) is 3.98. The minimum atomic E-state index is -0.635. The molecule has 1 aromatic heterocycles. The molecule has 96 valence electrons. The highest BCUT2D eigenvalue weighted by atomic mass is 19.1. The highest BCUT2D eigenvalue weighted by molar-refractivity contribution is 5.39. The van der Waals surface area contributed by atoms with Crippen molar-refractivity contribution < 1.29 is 14.2 Å². The van der Waals surface area contributed by atoms with E-state index in [4.69, 9.17) is 15.1 Å². The van der Waals surface area contributed by atoms with Gasteiger partial charge in [0.15, 0.2) is 0 Å². The molecule has 19 heavy (non-hydrogen) atoms. The van der Waals surface area contributed by atoms with Gasteiger partial charge in [-0.15, -0.1) is 0 Å². The van der Waals surface area contributed by atoms with Crippen molar-refractivity contribution in [2.75, 3.05) is 0 Å². The Morgan fingerprint density at radius 3 is 2.79 bits per heavy atom. The summed E-state index contributed by atoms with van der Waals surface area (Å²) in [4.78, 5) is 4.05. The Balaban J connectivity index is 2.26. The van der Waals surface area contributed by atoms with Crippen LogP contribution in [-0.2, 0) is 6.61 Å². The molecule has 4 nitrogen and oxygen atoms in total. The van der Waals surface area contributed by atoms with Gasteiger partial charge in [-0.2, -0.15) is 5.26 Å². The lowest BCUT2D eigenvalue weighted by molar-refractivity contribution is 0.281. The number of aryl methyl sites for hydroxylation is 1. The van der Waals surface area contributed by atoms with Gasteiger partial charge in [-0.05, 0) is 30.7 Å². The summed E-state index contributed by atoms with van der Waals surface area (Å²) in [5, 5.41) is 17.6. The molecule has 0 spiro atoms. The third kappa shape index (κ3) is 2.87. The van der Waals surface area contributed by atoms with Crippen molar-refractivity contribution in [3.63, 3.8) is 0 Å². The van der Waals surface area contributed by atoms with Crippen molar-refractivity contribution >= 4 is 0 Å². The Kier molecular flexibility index (Phi) is 3.74. The zero-order chi connectivity index (χ0) is 13.8. The van der Waals surface area contributed by atoms with Crippen molar-refractivity contribution in [3.05, 3.63) is 53.0 Å². The van der Waals surface area contributed by atoms with Crippen LogP contribution in [0.2, 0.25) is 0 Å². The van der Waals surface area contributed by atoms with Crippen molar-refractivity contribution in [1.29, 1.82) is 5.26 Å². The van der Waals surface area contributed by atoms with Gasteiger partial charge in [0.25, 0.3) is 0 Å². The summed E-state index contributed by atoms with van der Waals surface area (Å²) in [5.74, 6) is -0.0326. The lowest BCUT2D eigenvalue weighted by Crippen LogP contribution is -1.95. The van der Waals surface area contributed by atoms with Crippen molar-refractivity contribution in [2.24, 2.45) is 0 Å². The minimum Gasteiger partial charge on any atom is -0.439 e. The molecule has 0 saturated carbocycles. The Morgan fingerprint density at radius 2 is 2.21 bits per heavy atom. The van der Waals surface area contributed by atoms with E-state index in [0.29, 0.717) is 11.4 Å². The Labute approximate surface area is 109 Å². The zero-order valence-electron chi connectivity index (χ0n) is 10.2. The predicted octanol–water partition coefficient (Wildman–Crippen LogP) is 2.69. The number of benzene rings is 1. The van der Waals surface area contributed by atoms with Gasteiger partial charge in [0, 0.05) is 17.8 Å². The maximum absolute atomic E-state index is 13.4. The van der Waals surface area contributed by atoms with E-state index >= 15 is 0 Å². The molecule has 0 aliphatic heterocycles. The number of rotatable bonds is 3. The van der Waals surface area contributed by atoms with E-state index in [9.17, 15) is 4.39 Å². The highest BCUT2D eigenvalue weighted by Crippen LogP contribution is 2.24. The van der Waals surface area contributed by atoms with E-state index in [1.54, 1.807) is 19.1 Å². The highest BCUT2D eigenvalue weighted by Gasteiger charge is 2.07. The van der Waals surface area contributed by atoms with Crippen LogP contribution in [0.15, 0.2) is 30.5 Å². The number of hydrogen-bond donors (Lipinski definition) is 1. The van der Waals surface area contributed by atoms with E-state index in [-0.39, 0.29) is 17.9 Å². The minimum absolute atomic E-state index is 0.0346. The monoisotopic (exact) mass is 258 g/mol. The first-order chi connectivity index (χ1) is 9.13. The Hall–Kier alpha value is -2.45. The number of hydrogen-bond acceptors (Lipinski definition) is 4. The SMILES string of the molecule is Cc1cc(CO)cnc1Oc1ccc(C#N)c(F)c1. The van der Waals surface area contributed by atoms with Gasteiger partial charge >= 0.3 is 0 Å². The molecule has 0 amide bonds. The standard InChI is InChI=1S/C14H11FN2O2/c1-9-4-10(8-18)7-17-14(9)19-12-3-2-11(6-16)13(15)5-12/h2-5,7,18H,8H2,1H3. The first-order valence-corrected chi connectivity index (χ1v) is 5.58. The average Bonchev–Trinajstić information content (AvgIpc) is 2.41. The fourth-order valence-electron chi connectivity index (χ4n) is 1.58. The summed E-state index contributed by atoms with van der Waals surface area (Å²) in [6, 6.07) is 7.47. The number of nitriles is 1. The zero-order valence-corrected chi connectivity index (χ0v) is 10.2. The van der Waals surface area contributed by atoms with E-state index < -0.39 is 5.82 Å². The van der Waals surface area contributed by atoms with Gasteiger partial charge < -0.3 is 9.84 Å². The molecule has 1 heterocycles.